The second kappa shape index (κ2) is 5.79. The molecule has 1 aliphatic rings. The van der Waals surface area contributed by atoms with Crippen LogP contribution >= 0.6 is 0 Å². The van der Waals surface area contributed by atoms with Crippen LogP contribution in [0.4, 0.5) is 0 Å². The van der Waals surface area contributed by atoms with E-state index in [1.165, 1.54) is 0 Å². The lowest BCUT2D eigenvalue weighted by molar-refractivity contribution is 0.371. The van der Waals surface area contributed by atoms with Crippen molar-refractivity contribution in [3.8, 4) is 0 Å². The Morgan fingerprint density at radius 3 is 2.47 bits per heavy atom. The fourth-order valence-electron chi connectivity index (χ4n) is 1.67. The summed E-state index contributed by atoms with van der Waals surface area (Å²) in [6, 6.07) is -0.0597. The van der Waals surface area contributed by atoms with Crippen molar-refractivity contribution >= 4 is 10.2 Å². The molecule has 0 bridgehead atoms. The molecule has 0 aromatic heterocycles. The minimum absolute atomic E-state index is 0.0597. The predicted molar refractivity (Wildman–Crippen MR) is 60.8 cm³/mol. The van der Waals surface area contributed by atoms with Gasteiger partial charge in [-0.3, -0.25) is 0 Å². The van der Waals surface area contributed by atoms with Crippen molar-refractivity contribution in [3.05, 3.63) is 0 Å². The molecule has 0 saturated carbocycles. The molecule has 1 fully saturated rings. The summed E-state index contributed by atoms with van der Waals surface area (Å²) in [6.45, 7) is 6.14. The zero-order valence-electron chi connectivity index (χ0n) is 9.41. The van der Waals surface area contributed by atoms with E-state index in [1.807, 2.05) is 13.8 Å². The van der Waals surface area contributed by atoms with Crippen LogP contribution in [0.1, 0.15) is 26.7 Å². The van der Waals surface area contributed by atoms with E-state index in [9.17, 15) is 8.42 Å². The van der Waals surface area contributed by atoms with Crippen LogP contribution < -0.4 is 14.8 Å². The molecule has 0 amide bonds. The van der Waals surface area contributed by atoms with Gasteiger partial charge in [0.2, 0.25) is 0 Å². The van der Waals surface area contributed by atoms with Crippen molar-refractivity contribution in [1.29, 1.82) is 0 Å². The van der Waals surface area contributed by atoms with Crippen molar-refractivity contribution < 1.29 is 8.42 Å². The largest absolute Gasteiger partial charge is 0.317 e. The second-order valence-electron chi connectivity index (χ2n) is 4.32. The van der Waals surface area contributed by atoms with Crippen LogP contribution in [0.25, 0.3) is 0 Å². The first-order chi connectivity index (χ1) is 6.99. The lowest BCUT2D eigenvalue weighted by Crippen LogP contribution is -2.43. The monoisotopic (exact) mass is 235 g/mol. The van der Waals surface area contributed by atoms with Gasteiger partial charge in [0.25, 0.3) is 10.2 Å². The Kier molecular flexibility index (Phi) is 4.98. The minimum Gasteiger partial charge on any atom is -0.317 e. The van der Waals surface area contributed by atoms with Crippen molar-refractivity contribution in [2.45, 2.75) is 32.7 Å². The van der Waals surface area contributed by atoms with Gasteiger partial charge in [0.15, 0.2) is 0 Å². The van der Waals surface area contributed by atoms with Gasteiger partial charge in [-0.2, -0.15) is 13.1 Å². The van der Waals surface area contributed by atoms with Crippen LogP contribution in [0.15, 0.2) is 0 Å². The molecule has 0 aliphatic carbocycles. The number of hydrogen-bond donors (Lipinski definition) is 3. The molecule has 1 rings (SSSR count). The zero-order valence-corrected chi connectivity index (χ0v) is 10.2. The molecule has 1 heterocycles. The summed E-state index contributed by atoms with van der Waals surface area (Å²) in [4.78, 5) is 0. The smallest absolute Gasteiger partial charge is 0.277 e. The molecule has 1 aliphatic heterocycles. The molecule has 0 radical (unpaired) electrons. The third-order valence-electron chi connectivity index (χ3n) is 2.41. The third kappa shape index (κ3) is 5.46. The van der Waals surface area contributed by atoms with Gasteiger partial charge < -0.3 is 5.32 Å². The lowest BCUT2D eigenvalue weighted by Gasteiger charge is -2.23. The fourth-order valence-corrected chi connectivity index (χ4v) is 2.82. The average molecular weight is 235 g/mol. The molecule has 1 saturated heterocycles. The van der Waals surface area contributed by atoms with Crippen molar-refractivity contribution in [1.82, 2.24) is 14.8 Å². The normalized spacial score (nSPS) is 19.7. The molecule has 3 N–H and O–H groups in total. The highest BCUT2D eigenvalue weighted by Crippen LogP contribution is 2.09. The van der Waals surface area contributed by atoms with E-state index in [1.54, 1.807) is 0 Å². The van der Waals surface area contributed by atoms with Crippen molar-refractivity contribution in [2.75, 3.05) is 19.6 Å². The first-order valence-electron chi connectivity index (χ1n) is 5.47. The Balaban J connectivity index is 2.28. The summed E-state index contributed by atoms with van der Waals surface area (Å²) >= 11 is 0. The topological polar surface area (TPSA) is 70.2 Å². The first-order valence-corrected chi connectivity index (χ1v) is 6.95. The molecule has 6 heteroatoms. The first kappa shape index (κ1) is 12.9. The summed E-state index contributed by atoms with van der Waals surface area (Å²) in [7, 11) is -3.30. The van der Waals surface area contributed by atoms with Gasteiger partial charge in [0.1, 0.15) is 0 Å². The highest BCUT2D eigenvalue weighted by Gasteiger charge is 2.16. The zero-order chi connectivity index (χ0) is 11.3. The van der Waals surface area contributed by atoms with Gasteiger partial charge in [-0.1, -0.05) is 0 Å². The maximum atomic E-state index is 11.4. The Morgan fingerprint density at radius 1 is 1.33 bits per heavy atom. The highest BCUT2D eigenvalue weighted by atomic mass is 32.2. The molecular weight excluding hydrogens is 214 g/mol. The SMILES string of the molecule is CC(C)NS(=O)(=O)NCC1CCNCC1. The van der Waals surface area contributed by atoms with Crippen LogP contribution in [0.5, 0.6) is 0 Å². The lowest BCUT2D eigenvalue weighted by atomic mass is 9.99. The Morgan fingerprint density at radius 2 is 1.93 bits per heavy atom. The van der Waals surface area contributed by atoms with E-state index >= 15 is 0 Å². The number of piperidine rings is 1. The number of hydrogen-bond acceptors (Lipinski definition) is 3. The second-order valence-corrected chi connectivity index (χ2v) is 5.85. The van der Waals surface area contributed by atoms with Crippen LogP contribution in [0, 0.1) is 5.92 Å². The van der Waals surface area contributed by atoms with Gasteiger partial charge in [-0.05, 0) is 45.7 Å². The van der Waals surface area contributed by atoms with Gasteiger partial charge in [-0.15, -0.1) is 0 Å². The Hall–Kier alpha value is -0.170. The number of nitrogens with one attached hydrogen (secondary N) is 3. The van der Waals surface area contributed by atoms with Crippen LogP contribution in [0.3, 0.4) is 0 Å². The molecule has 0 aromatic carbocycles. The number of rotatable bonds is 5. The molecule has 5 nitrogen and oxygen atoms in total. The maximum Gasteiger partial charge on any atom is 0.277 e. The van der Waals surface area contributed by atoms with Gasteiger partial charge in [-0.25, -0.2) is 4.72 Å². The van der Waals surface area contributed by atoms with Gasteiger partial charge in [0, 0.05) is 12.6 Å². The van der Waals surface area contributed by atoms with E-state index in [4.69, 9.17) is 0 Å². The Bertz CT molecular complexity index is 271. The third-order valence-corrected chi connectivity index (χ3v) is 3.74. The summed E-state index contributed by atoms with van der Waals surface area (Å²) in [5.41, 5.74) is 0. The molecule has 15 heavy (non-hydrogen) atoms. The summed E-state index contributed by atoms with van der Waals surface area (Å²) in [5.74, 6) is 0.468. The molecular formula is C9H21N3O2S. The average Bonchev–Trinajstić information content (AvgIpc) is 2.15. The van der Waals surface area contributed by atoms with E-state index in [0.29, 0.717) is 12.5 Å². The highest BCUT2D eigenvalue weighted by molar-refractivity contribution is 7.87. The standard InChI is InChI=1S/C9H21N3O2S/c1-8(2)12-15(13,14)11-7-9-3-5-10-6-4-9/h8-12H,3-7H2,1-2H3. The van der Waals surface area contributed by atoms with E-state index in [-0.39, 0.29) is 6.04 Å². The van der Waals surface area contributed by atoms with Crippen molar-refractivity contribution in [2.24, 2.45) is 5.92 Å². The minimum atomic E-state index is -3.30. The maximum absolute atomic E-state index is 11.4. The fraction of sp³-hybridized carbons (Fsp3) is 1.00. The van der Waals surface area contributed by atoms with Crippen LogP contribution in [-0.2, 0) is 10.2 Å². The van der Waals surface area contributed by atoms with Crippen LogP contribution in [0.2, 0.25) is 0 Å². The van der Waals surface area contributed by atoms with Gasteiger partial charge in [0.05, 0.1) is 0 Å². The predicted octanol–water partition coefficient (Wildman–Crippen LogP) is -0.182. The van der Waals surface area contributed by atoms with E-state index < -0.39 is 10.2 Å². The summed E-state index contributed by atoms with van der Waals surface area (Å²) < 4.78 is 28.0. The molecule has 0 spiro atoms. The quantitative estimate of drug-likeness (QED) is 0.619. The van der Waals surface area contributed by atoms with Gasteiger partial charge >= 0.3 is 0 Å². The summed E-state index contributed by atoms with van der Waals surface area (Å²) in [6.07, 6.45) is 2.09. The Labute approximate surface area is 92.2 Å². The van der Waals surface area contributed by atoms with E-state index in [2.05, 4.69) is 14.8 Å². The van der Waals surface area contributed by atoms with Crippen LogP contribution in [-0.4, -0.2) is 34.1 Å². The van der Waals surface area contributed by atoms with E-state index in [0.717, 1.165) is 25.9 Å². The van der Waals surface area contributed by atoms with Crippen molar-refractivity contribution in [3.63, 3.8) is 0 Å². The molecule has 0 unspecified atom stereocenters. The molecule has 0 atom stereocenters. The molecule has 0 aromatic rings. The molecule has 90 valence electrons. The summed E-state index contributed by atoms with van der Waals surface area (Å²) in [5, 5.41) is 3.25.